The normalized spacial score (nSPS) is 11.9. The quantitative estimate of drug-likeness (QED) is 0.390. The molecule has 0 aromatic carbocycles. The Morgan fingerprint density at radius 3 is 2.12 bits per heavy atom. The number of hydrogen-bond donors (Lipinski definition) is 3. The fraction of sp³-hybridized carbons (Fsp3) is 0.818. The van der Waals surface area contributed by atoms with Gasteiger partial charge in [-0.2, -0.15) is 0 Å². The van der Waals surface area contributed by atoms with E-state index in [-0.39, 0.29) is 17.7 Å². The number of nitrogens with two attached hydrogens (primary N) is 1. The van der Waals surface area contributed by atoms with E-state index >= 15 is 0 Å². The minimum Gasteiger partial charge on any atom is -0.444 e. The van der Waals surface area contributed by atoms with E-state index in [1.54, 1.807) is 20.8 Å². The van der Waals surface area contributed by atoms with Gasteiger partial charge in [0.05, 0.1) is 0 Å². The van der Waals surface area contributed by atoms with Crippen molar-refractivity contribution in [2.75, 3.05) is 6.54 Å². The molecule has 6 heteroatoms. The highest BCUT2D eigenvalue weighted by Gasteiger charge is 2.24. The molecule has 17 heavy (non-hydrogen) atoms. The van der Waals surface area contributed by atoms with Crippen molar-refractivity contribution in [3.8, 4) is 0 Å². The number of rotatable bonds is 4. The van der Waals surface area contributed by atoms with E-state index < -0.39 is 11.7 Å². The Hall–Kier alpha value is -1.30. The highest BCUT2D eigenvalue weighted by atomic mass is 16.6. The molecule has 6 nitrogen and oxygen atoms in total. The molecule has 0 aliphatic rings. The Balaban J connectivity index is 4.09. The predicted octanol–water partition coefficient (Wildman–Crippen LogP) is 0.917. The zero-order valence-corrected chi connectivity index (χ0v) is 11.2. The standard InChI is InChI=1S/C11H23N3O3/c1-10(2,3)17-9(16)13-7-11(4,5)6-8(15)14-12/h6-7,12H2,1-5H3,(H,13,16)(H,14,15). The van der Waals surface area contributed by atoms with Gasteiger partial charge in [0.1, 0.15) is 5.60 Å². The molecule has 0 bridgehead atoms. The van der Waals surface area contributed by atoms with Crippen molar-refractivity contribution in [3.63, 3.8) is 0 Å². The van der Waals surface area contributed by atoms with Crippen LogP contribution >= 0.6 is 0 Å². The summed E-state index contributed by atoms with van der Waals surface area (Å²) in [5.41, 5.74) is 1.16. The fourth-order valence-electron chi connectivity index (χ4n) is 1.17. The van der Waals surface area contributed by atoms with Gasteiger partial charge in [-0.05, 0) is 26.2 Å². The third kappa shape index (κ3) is 8.50. The molecular formula is C11H23N3O3. The largest absolute Gasteiger partial charge is 0.444 e. The minimum absolute atomic E-state index is 0.235. The number of hydrogen-bond acceptors (Lipinski definition) is 4. The Kier molecular flexibility index (Phi) is 5.41. The van der Waals surface area contributed by atoms with Crippen LogP contribution in [0.1, 0.15) is 41.0 Å². The van der Waals surface area contributed by atoms with Gasteiger partial charge in [-0.1, -0.05) is 13.8 Å². The molecule has 0 aromatic rings. The Morgan fingerprint density at radius 2 is 1.71 bits per heavy atom. The number of hydrazine groups is 1. The molecule has 0 rings (SSSR count). The van der Waals surface area contributed by atoms with E-state index in [0.717, 1.165) is 0 Å². The summed E-state index contributed by atoms with van der Waals surface area (Å²) in [5, 5.41) is 2.63. The number of nitrogens with one attached hydrogen (secondary N) is 2. The molecule has 4 N–H and O–H groups in total. The lowest BCUT2D eigenvalue weighted by Gasteiger charge is -2.25. The first-order chi connectivity index (χ1) is 7.56. The summed E-state index contributed by atoms with van der Waals surface area (Å²) < 4.78 is 5.09. The summed E-state index contributed by atoms with van der Waals surface area (Å²) in [6.45, 7) is 9.44. The first-order valence-corrected chi connectivity index (χ1v) is 5.52. The number of amides is 2. The summed E-state index contributed by atoms with van der Waals surface area (Å²) >= 11 is 0. The number of carbonyl (C=O) groups excluding carboxylic acids is 2. The van der Waals surface area contributed by atoms with Crippen molar-refractivity contribution < 1.29 is 14.3 Å². The van der Waals surface area contributed by atoms with E-state index in [2.05, 4.69) is 10.7 Å². The first-order valence-electron chi connectivity index (χ1n) is 5.52. The number of ether oxygens (including phenoxy) is 1. The second-order valence-electron chi connectivity index (χ2n) is 5.76. The van der Waals surface area contributed by atoms with Crippen LogP contribution in [0.3, 0.4) is 0 Å². The minimum atomic E-state index is -0.525. The van der Waals surface area contributed by atoms with Crippen molar-refractivity contribution in [1.82, 2.24) is 10.7 Å². The first kappa shape index (κ1) is 15.7. The van der Waals surface area contributed by atoms with E-state index in [9.17, 15) is 9.59 Å². The van der Waals surface area contributed by atoms with Crippen LogP contribution in [-0.4, -0.2) is 24.1 Å². The van der Waals surface area contributed by atoms with Crippen LogP contribution in [0.25, 0.3) is 0 Å². The van der Waals surface area contributed by atoms with Gasteiger partial charge in [-0.25, -0.2) is 10.6 Å². The van der Waals surface area contributed by atoms with Gasteiger partial charge in [0.25, 0.3) is 0 Å². The van der Waals surface area contributed by atoms with E-state index in [4.69, 9.17) is 10.6 Å². The van der Waals surface area contributed by atoms with Crippen LogP contribution in [0.15, 0.2) is 0 Å². The Labute approximate surface area is 102 Å². The van der Waals surface area contributed by atoms with E-state index in [0.29, 0.717) is 6.54 Å². The van der Waals surface area contributed by atoms with Gasteiger partial charge in [0.2, 0.25) is 5.91 Å². The SMILES string of the molecule is CC(C)(CNC(=O)OC(C)(C)C)CC(=O)NN. The van der Waals surface area contributed by atoms with Crippen molar-refractivity contribution >= 4 is 12.0 Å². The zero-order chi connectivity index (χ0) is 13.7. The summed E-state index contributed by atoms with van der Waals surface area (Å²) in [7, 11) is 0. The molecule has 0 fully saturated rings. The molecule has 0 aliphatic carbocycles. The molecular weight excluding hydrogens is 222 g/mol. The van der Waals surface area contributed by atoms with Gasteiger partial charge < -0.3 is 10.1 Å². The average molecular weight is 245 g/mol. The molecule has 0 unspecified atom stereocenters. The molecule has 100 valence electrons. The van der Waals surface area contributed by atoms with Gasteiger partial charge in [0, 0.05) is 13.0 Å². The van der Waals surface area contributed by atoms with E-state index in [1.807, 2.05) is 13.8 Å². The van der Waals surface area contributed by atoms with Crippen LogP contribution in [0.5, 0.6) is 0 Å². The maximum atomic E-state index is 11.4. The summed E-state index contributed by atoms with van der Waals surface area (Å²) in [4.78, 5) is 22.5. The van der Waals surface area contributed by atoms with E-state index in [1.165, 1.54) is 0 Å². The van der Waals surface area contributed by atoms with Crippen LogP contribution in [0, 0.1) is 5.41 Å². The smallest absolute Gasteiger partial charge is 0.407 e. The monoisotopic (exact) mass is 245 g/mol. The molecule has 0 atom stereocenters. The second kappa shape index (κ2) is 5.86. The lowest BCUT2D eigenvalue weighted by molar-refractivity contribution is -0.123. The van der Waals surface area contributed by atoms with Crippen LogP contribution in [0.2, 0.25) is 0 Å². The van der Waals surface area contributed by atoms with Gasteiger partial charge in [-0.3, -0.25) is 10.2 Å². The molecule has 0 radical (unpaired) electrons. The highest BCUT2D eigenvalue weighted by molar-refractivity contribution is 5.76. The maximum absolute atomic E-state index is 11.4. The Bertz CT molecular complexity index is 282. The average Bonchev–Trinajstić information content (AvgIpc) is 2.11. The zero-order valence-electron chi connectivity index (χ0n) is 11.2. The third-order valence-corrected chi connectivity index (χ3v) is 1.91. The van der Waals surface area contributed by atoms with Crippen LogP contribution in [0.4, 0.5) is 4.79 Å². The maximum Gasteiger partial charge on any atom is 0.407 e. The van der Waals surface area contributed by atoms with Crippen molar-refractivity contribution in [2.24, 2.45) is 11.3 Å². The third-order valence-electron chi connectivity index (χ3n) is 1.91. The number of alkyl carbamates (subject to hydrolysis) is 1. The van der Waals surface area contributed by atoms with Gasteiger partial charge in [-0.15, -0.1) is 0 Å². The highest BCUT2D eigenvalue weighted by Crippen LogP contribution is 2.18. The molecule has 0 aliphatic heterocycles. The van der Waals surface area contributed by atoms with Gasteiger partial charge in [0.15, 0.2) is 0 Å². The second-order valence-corrected chi connectivity index (χ2v) is 5.76. The molecule has 0 aromatic heterocycles. The van der Waals surface area contributed by atoms with Crippen molar-refractivity contribution in [1.29, 1.82) is 0 Å². The molecule has 0 saturated heterocycles. The predicted molar refractivity (Wildman–Crippen MR) is 65.0 cm³/mol. The molecule has 0 saturated carbocycles. The Morgan fingerprint density at radius 1 is 1.18 bits per heavy atom. The fourth-order valence-corrected chi connectivity index (χ4v) is 1.17. The van der Waals surface area contributed by atoms with Crippen LogP contribution < -0.4 is 16.6 Å². The molecule has 2 amide bonds. The van der Waals surface area contributed by atoms with Gasteiger partial charge >= 0.3 is 6.09 Å². The van der Waals surface area contributed by atoms with Crippen LogP contribution in [-0.2, 0) is 9.53 Å². The lowest BCUT2D eigenvalue weighted by Crippen LogP contribution is -2.41. The summed E-state index contributed by atoms with van der Waals surface area (Å²) in [5.74, 6) is 4.74. The molecule has 0 heterocycles. The van der Waals surface area contributed by atoms with Crippen molar-refractivity contribution in [3.05, 3.63) is 0 Å². The topological polar surface area (TPSA) is 93.4 Å². The lowest BCUT2D eigenvalue weighted by atomic mass is 9.89. The number of carbonyl (C=O) groups is 2. The molecule has 0 spiro atoms. The summed E-state index contributed by atoms with van der Waals surface area (Å²) in [6.07, 6.45) is -0.252. The summed E-state index contributed by atoms with van der Waals surface area (Å²) in [6, 6.07) is 0. The van der Waals surface area contributed by atoms with Crippen molar-refractivity contribution in [2.45, 2.75) is 46.6 Å².